The minimum Gasteiger partial charge on any atom is -0.350 e. The second-order valence-corrected chi connectivity index (χ2v) is 5.46. The number of carbonyl (C=O) groups excluding carboxylic acids is 1. The average Bonchev–Trinajstić information content (AvgIpc) is 2.61. The van der Waals surface area contributed by atoms with Gasteiger partial charge in [0.15, 0.2) is 0 Å². The van der Waals surface area contributed by atoms with Gasteiger partial charge in [-0.1, -0.05) is 41.1 Å². The second-order valence-electron chi connectivity index (χ2n) is 5.46. The first-order valence-electron chi connectivity index (χ1n) is 7.71. The number of carbonyl (C=O) groups is 1. The van der Waals surface area contributed by atoms with Crippen LogP contribution in [-0.2, 0) is 4.79 Å². The maximum Gasteiger partial charge on any atom is 0.316 e. The van der Waals surface area contributed by atoms with Gasteiger partial charge in [0, 0.05) is 12.1 Å². The summed E-state index contributed by atoms with van der Waals surface area (Å²) in [5, 5.41) is 9.83. The summed E-state index contributed by atoms with van der Waals surface area (Å²) in [4.78, 5) is 16.2. The van der Waals surface area contributed by atoms with E-state index in [4.69, 9.17) is 0 Å². The molecular formula is C18H20N3O2+. The van der Waals surface area contributed by atoms with Gasteiger partial charge in [0.1, 0.15) is 19.3 Å². The molecule has 0 unspecified atom stereocenters. The molecule has 0 radical (unpaired) electrons. The van der Waals surface area contributed by atoms with Crippen LogP contribution in [0.1, 0.15) is 5.56 Å². The molecule has 1 saturated heterocycles. The molecule has 5 heteroatoms. The second kappa shape index (κ2) is 6.96. The van der Waals surface area contributed by atoms with Gasteiger partial charge < -0.3 is 10.1 Å². The van der Waals surface area contributed by atoms with Gasteiger partial charge >= 0.3 is 5.82 Å². The van der Waals surface area contributed by atoms with Crippen LogP contribution >= 0.6 is 0 Å². The van der Waals surface area contributed by atoms with E-state index in [9.17, 15) is 10.0 Å². The Kier molecular flexibility index (Phi) is 4.57. The van der Waals surface area contributed by atoms with Gasteiger partial charge in [0.25, 0.3) is 0 Å². The predicted molar refractivity (Wildman–Crippen MR) is 88.1 cm³/mol. The Bertz CT molecular complexity index is 692. The Hall–Kier alpha value is -2.82. The van der Waals surface area contributed by atoms with Crippen molar-refractivity contribution in [3.8, 4) is 0 Å². The minimum absolute atomic E-state index is 0.0263. The fraction of sp³-hybridized carbons (Fsp3) is 0.222. The van der Waals surface area contributed by atoms with Crippen LogP contribution in [-0.4, -0.2) is 42.2 Å². The van der Waals surface area contributed by atoms with E-state index >= 15 is 0 Å². The molecule has 1 aromatic carbocycles. The third-order valence-electron chi connectivity index (χ3n) is 3.95. The number of nitrogens with zero attached hydrogens (tertiary/aromatic N) is 3. The number of rotatable bonds is 3. The van der Waals surface area contributed by atoms with E-state index in [0.717, 1.165) is 16.1 Å². The summed E-state index contributed by atoms with van der Waals surface area (Å²) in [6.45, 7) is 2.70. The molecular weight excluding hydrogens is 290 g/mol. The van der Waals surface area contributed by atoms with E-state index in [0.29, 0.717) is 26.2 Å². The Labute approximate surface area is 135 Å². The lowest BCUT2D eigenvalue weighted by molar-refractivity contribution is -0.894. The summed E-state index contributed by atoms with van der Waals surface area (Å²) in [6.07, 6.45) is 5.07. The molecule has 0 aliphatic carbocycles. The van der Waals surface area contributed by atoms with Gasteiger partial charge in [0.05, 0.1) is 13.1 Å². The molecule has 118 valence electrons. The molecule has 1 fully saturated rings. The van der Waals surface area contributed by atoms with E-state index < -0.39 is 0 Å². The zero-order valence-electron chi connectivity index (χ0n) is 12.9. The normalized spacial score (nSPS) is 15.1. The van der Waals surface area contributed by atoms with Gasteiger partial charge in [-0.3, -0.25) is 9.69 Å². The number of anilines is 1. The summed E-state index contributed by atoms with van der Waals surface area (Å²) in [5.41, 5.74) is 1.02. The van der Waals surface area contributed by atoms with Crippen molar-refractivity contribution in [3.63, 3.8) is 0 Å². The highest BCUT2D eigenvalue weighted by molar-refractivity contribution is 5.91. The maximum atomic E-state index is 12.2. The average molecular weight is 310 g/mol. The Morgan fingerprint density at radius 1 is 1.00 bits per heavy atom. The highest BCUT2D eigenvalue weighted by atomic mass is 16.5. The number of benzene rings is 1. The topological polar surface area (TPSA) is 47.7 Å². The molecule has 1 aromatic heterocycles. The number of amides is 1. The summed E-state index contributed by atoms with van der Waals surface area (Å²) in [7, 11) is 0. The Morgan fingerprint density at radius 2 is 1.70 bits per heavy atom. The van der Waals surface area contributed by atoms with Crippen molar-refractivity contribution in [1.29, 1.82) is 0 Å². The van der Waals surface area contributed by atoms with Crippen molar-refractivity contribution in [2.75, 3.05) is 31.1 Å². The highest BCUT2D eigenvalue weighted by Crippen LogP contribution is 2.11. The molecule has 1 amide bonds. The number of aromatic nitrogens is 1. The highest BCUT2D eigenvalue weighted by Gasteiger charge is 2.26. The molecule has 1 aliphatic rings. The Morgan fingerprint density at radius 3 is 2.39 bits per heavy atom. The lowest BCUT2D eigenvalue weighted by atomic mass is 10.2. The van der Waals surface area contributed by atoms with E-state index in [1.54, 1.807) is 18.3 Å². The molecule has 5 nitrogen and oxygen atoms in total. The zero-order valence-corrected chi connectivity index (χ0v) is 12.9. The van der Waals surface area contributed by atoms with Crippen LogP contribution in [0.2, 0.25) is 0 Å². The molecule has 0 saturated carbocycles. The molecule has 1 N–H and O–H groups in total. The van der Waals surface area contributed by atoms with Gasteiger partial charge in [-0.15, -0.1) is 0 Å². The van der Waals surface area contributed by atoms with Crippen LogP contribution in [0.5, 0.6) is 0 Å². The van der Waals surface area contributed by atoms with E-state index in [2.05, 4.69) is 4.90 Å². The van der Waals surface area contributed by atoms with Crippen molar-refractivity contribution in [3.05, 3.63) is 66.4 Å². The molecule has 0 atom stereocenters. The minimum atomic E-state index is 0.0263. The summed E-state index contributed by atoms with van der Waals surface area (Å²) in [6, 6.07) is 15.3. The van der Waals surface area contributed by atoms with Crippen LogP contribution in [0.25, 0.3) is 6.08 Å². The van der Waals surface area contributed by atoms with Crippen LogP contribution in [0.3, 0.4) is 0 Å². The zero-order chi connectivity index (χ0) is 16.1. The number of pyridine rings is 1. The number of piperazine rings is 1. The first-order valence-corrected chi connectivity index (χ1v) is 7.71. The fourth-order valence-electron chi connectivity index (χ4n) is 2.67. The van der Waals surface area contributed by atoms with Gasteiger partial charge in [-0.05, 0) is 17.7 Å². The molecule has 0 spiro atoms. The monoisotopic (exact) mass is 310 g/mol. The van der Waals surface area contributed by atoms with Gasteiger partial charge in [0.2, 0.25) is 5.91 Å². The predicted octanol–water partition coefficient (Wildman–Crippen LogP) is 1.57. The molecule has 23 heavy (non-hydrogen) atoms. The first-order chi connectivity index (χ1) is 11.2. The number of hydrogen-bond acceptors (Lipinski definition) is 3. The lowest BCUT2D eigenvalue weighted by Gasteiger charge is -2.30. The molecule has 2 heterocycles. The van der Waals surface area contributed by atoms with Crippen LogP contribution in [0.4, 0.5) is 5.82 Å². The van der Waals surface area contributed by atoms with Gasteiger partial charge in [-0.2, -0.15) is 0 Å². The summed E-state index contributed by atoms with van der Waals surface area (Å²) in [5.74, 6) is 0.776. The fourth-order valence-corrected chi connectivity index (χ4v) is 2.67. The molecule has 3 rings (SSSR count). The van der Waals surface area contributed by atoms with Crippen molar-refractivity contribution in [1.82, 2.24) is 4.90 Å². The van der Waals surface area contributed by atoms with Crippen LogP contribution < -0.4 is 9.63 Å². The van der Waals surface area contributed by atoms with Gasteiger partial charge in [-0.25, -0.2) is 0 Å². The largest absolute Gasteiger partial charge is 0.350 e. The smallest absolute Gasteiger partial charge is 0.316 e. The van der Waals surface area contributed by atoms with Crippen molar-refractivity contribution < 1.29 is 14.7 Å². The summed E-state index contributed by atoms with van der Waals surface area (Å²) >= 11 is 0. The summed E-state index contributed by atoms with van der Waals surface area (Å²) < 4.78 is 1.12. The quantitative estimate of drug-likeness (QED) is 0.532. The van der Waals surface area contributed by atoms with E-state index in [1.165, 1.54) is 0 Å². The number of hydrogen-bond donors (Lipinski definition) is 1. The maximum absolute atomic E-state index is 12.2. The van der Waals surface area contributed by atoms with E-state index in [1.807, 2.05) is 53.4 Å². The molecule has 1 aliphatic heterocycles. The molecule has 2 aromatic rings. The van der Waals surface area contributed by atoms with Crippen molar-refractivity contribution in [2.24, 2.45) is 0 Å². The third kappa shape index (κ3) is 3.69. The van der Waals surface area contributed by atoms with Crippen molar-refractivity contribution in [2.45, 2.75) is 0 Å². The van der Waals surface area contributed by atoms with Crippen molar-refractivity contribution >= 4 is 17.8 Å². The third-order valence-corrected chi connectivity index (χ3v) is 3.95. The standard InChI is InChI=1S/C18H20N3O2/c22-18(10-9-16-6-2-1-3-7-16)20-14-12-19(13-15-20)17-8-4-5-11-21(17)23/h1-11,23H,12-15H2/q+1/b10-9+. The molecule has 0 bridgehead atoms. The van der Waals surface area contributed by atoms with Crippen LogP contribution in [0, 0.1) is 0 Å². The lowest BCUT2D eigenvalue weighted by Crippen LogP contribution is -2.51. The Balaban J connectivity index is 1.57. The van der Waals surface area contributed by atoms with E-state index in [-0.39, 0.29) is 5.91 Å². The first kappa shape index (κ1) is 15.1. The van der Waals surface area contributed by atoms with Crippen LogP contribution in [0.15, 0.2) is 60.8 Å². The SMILES string of the molecule is O=C(/C=C/c1ccccc1)N1CCN(c2cccc[n+]2O)CC1.